The first-order chi connectivity index (χ1) is 16.0. The molecule has 0 spiro atoms. The summed E-state index contributed by atoms with van der Waals surface area (Å²) >= 11 is 0. The van der Waals surface area contributed by atoms with Crippen LogP contribution >= 0.6 is 0 Å². The van der Waals surface area contributed by atoms with E-state index in [1.54, 1.807) is 7.11 Å². The second-order valence-electron chi connectivity index (χ2n) is 7.89. The molecule has 3 amide bonds. The number of aromatic nitrogens is 3. The molecule has 1 saturated heterocycles. The molecule has 33 heavy (non-hydrogen) atoms. The number of imide groups is 1. The lowest BCUT2D eigenvalue weighted by atomic mass is 10.1. The molecule has 2 heterocycles. The lowest BCUT2D eigenvalue weighted by Crippen LogP contribution is -2.29. The average Bonchev–Trinajstić information content (AvgIpc) is 3.14. The van der Waals surface area contributed by atoms with Crippen molar-refractivity contribution in [3.63, 3.8) is 0 Å². The van der Waals surface area contributed by atoms with E-state index in [1.807, 2.05) is 24.3 Å². The zero-order valence-electron chi connectivity index (χ0n) is 18.7. The fourth-order valence-electron chi connectivity index (χ4n) is 3.45. The quantitative estimate of drug-likeness (QED) is 0.486. The van der Waals surface area contributed by atoms with Crippen LogP contribution in [0.3, 0.4) is 0 Å². The van der Waals surface area contributed by atoms with Crippen LogP contribution in [0.15, 0.2) is 48.5 Å². The molecular weight excluding hydrogens is 420 g/mol. The Morgan fingerprint density at radius 2 is 1.64 bits per heavy atom. The van der Waals surface area contributed by atoms with E-state index in [2.05, 4.69) is 56.8 Å². The van der Waals surface area contributed by atoms with Crippen molar-refractivity contribution < 1.29 is 14.3 Å². The van der Waals surface area contributed by atoms with Gasteiger partial charge in [-0.15, -0.1) is 0 Å². The van der Waals surface area contributed by atoms with Crippen molar-refractivity contribution in [2.45, 2.75) is 32.9 Å². The van der Waals surface area contributed by atoms with Gasteiger partial charge in [-0.3, -0.25) is 10.1 Å². The molecule has 0 unspecified atom stereocenters. The minimum Gasteiger partial charge on any atom is -0.497 e. The number of hydrogen-bond donors (Lipinski definition) is 2. The van der Waals surface area contributed by atoms with Crippen LogP contribution in [0.5, 0.6) is 5.75 Å². The number of benzene rings is 2. The molecule has 9 heteroatoms. The third-order valence-corrected chi connectivity index (χ3v) is 5.30. The summed E-state index contributed by atoms with van der Waals surface area (Å²) in [5.74, 6) is 1.96. The molecule has 0 aliphatic carbocycles. The van der Waals surface area contributed by atoms with Gasteiger partial charge in [-0.05, 0) is 36.6 Å². The molecule has 2 aromatic carbocycles. The lowest BCUT2D eigenvalue weighted by molar-refractivity contribution is -0.118. The van der Waals surface area contributed by atoms with Crippen LogP contribution in [-0.2, 0) is 30.7 Å². The molecule has 0 bridgehead atoms. The highest BCUT2D eigenvalue weighted by Gasteiger charge is 2.27. The molecule has 1 aromatic heterocycles. The van der Waals surface area contributed by atoms with E-state index in [0.29, 0.717) is 30.6 Å². The van der Waals surface area contributed by atoms with Crippen LogP contribution in [0.25, 0.3) is 0 Å². The van der Waals surface area contributed by atoms with Gasteiger partial charge < -0.3 is 15.0 Å². The van der Waals surface area contributed by atoms with E-state index in [0.717, 1.165) is 17.7 Å². The van der Waals surface area contributed by atoms with Crippen molar-refractivity contribution in [1.29, 1.82) is 0 Å². The number of aryl methyl sites for hydroxylation is 3. The van der Waals surface area contributed by atoms with Crippen LogP contribution in [-0.4, -0.2) is 45.4 Å². The molecule has 170 valence electrons. The largest absolute Gasteiger partial charge is 0.497 e. The van der Waals surface area contributed by atoms with Gasteiger partial charge in [0.1, 0.15) is 18.1 Å². The molecule has 9 nitrogen and oxygen atoms in total. The average molecular weight is 447 g/mol. The maximum atomic E-state index is 12.0. The molecule has 0 atom stereocenters. The first-order valence-electron chi connectivity index (χ1n) is 10.7. The summed E-state index contributed by atoms with van der Waals surface area (Å²) < 4.78 is 5.20. The number of rotatable bonds is 9. The van der Waals surface area contributed by atoms with E-state index in [9.17, 15) is 9.59 Å². The Hall–Kier alpha value is -4.01. The molecule has 0 saturated carbocycles. The van der Waals surface area contributed by atoms with Gasteiger partial charge in [-0.25, -0.2) is 9.78 Å². The van der Waals surface area contributed by atoms with Crippen LogP contribution in [0.1, 0.15) is 28.3 Å². The SMILES string of the molecule is COc1ccc(CNc2nc(CCc3ccc(C)cc3)nc(CN3CC(=O)NC3=O)n2)cc1. The predicted molar refractivity (Wildman–Crippen MR) is 123 cm³/mol. The van der Waals surface area contributed by atoms with Gasteiger partial charge in [0.15, 0.2) is 5.82 Å². The number of nitrogens with one attached hydrogen (secondary N) is 2. The van der Waals surface area contributed by atoms with Gasteiger partial charge in [0.25, 0.3) is 0 Å². The van der Waals surface area contributed by atoms with Gasteiger partial charge in [0.2, 0.25) is 11.9 Å². The fourth-order valence-corrected chi connectivity index (χ4v) is 3.45. The van der Waals surface area contributed by atoms with Gasteiger partial charge in [0, 0.05) is 13.0 Å². The first kappa shape index (κ1) is 22.2. The molecule has 1 fully saturated rings. The minimum absolute atomic E-state index is 0.00216. The number of methoxy groups -OCH3 is 1. The van der Waals surface area contributed by atoms with E-state index in [1.165, 1.54) is 16.0 Å². The number of carbonyl (C=O) groups excluding carboxylic acids is 2. The van der Waals surface area contributed by atoms with Crippen LogP contribution in [0.4, 0.5) is 10.7 Å². The van der Waals surface area contributed by atoms with Crippen molar-refractivity contribution in [2.75, 3.05) is 19.0 Å². The smallest absolute Gasteiger partial charge is 0.324 e. The van der Waals surface area contributed by atoms with Gasteiger partial charge in [0.05, 0.1) is 13.7 Å². The molecule has 1 aliphatic heterocycles. The van der Waals surface area contributed by atoms with Crippen molar-refractivity contribution in [1.82, 2.24) is 25.2 Å². The summed E-state index contributed by atoms with van der Waals surface area (Å²) in [5.41, 5.74) is 3.45. The van der Waals surface area contributed by atoms with E-state index >= 15 is 0 Å². The Balaban J connectivity index is 1.50. The number of urea groups is 1. The van der Waals surface area contributed by atoms with E-state index in [-0.39, 0.29) is 19.0 Å². The Morgan fingerprint density at radius 1 is 0.939 bits per heavy atom. The monoisotopic (exact) mass is 446 g/mol. The summed E-state index contributed by atoms with van der Waals surface area (Å²) in [6, 6.07) is 15.6. The Bertz CT molecular complexity index is 1130. The van der Waals surface area contributed by atoms with Crippen LogP contribution < -0.4 is 15.4 Å². The summed E-state index contributed by atoms with van der Waals surface area (Å²) in [6.07, 6.45) is 1.41. The summed E-state index contributed by atoms with van der Waals surface area (Å²) in [6.45, 7) is 2.71. The number of carbonyl (C=O) groups is 2. The molecule has 4 rings (SSSR count). The maximum absolute atomic E-state index is 12.0. The summed E-state index contributed by atoms with van der Waals surface area (Å²) in [5, 5.41) is 5.52. The van der Waals surface area contributed by atoms with Crippen molar-refractivity contribution in [2.24, 2.45) is 0 Å². The first-order valence-corrected chi connectivity index (χ1v) is 10.7. The van der Waals surface area contributed by atoms with Gasteiger partial charge >= 0.3 is 6.03 Å². The van der Waals surface area contributed by atoms with Crippen molar-refractivity contribution in [3.8, 4) is 5.75 Å². The topological polar surface area (TPSA) is 109 Å². The zero-order valence-corrected chi connectivity index (χ0v) is 18.7. The second kappa shape index (κ2) is 10.1. The molecule has 0 radical (unpaired) electrons. The highest BCUT2D eigenvalue weighted by atomic mass is 16.5. The van der Waals surface area contributed by atoms with Crippen molar-refractivity contribution >= 4 is 17.9 Å². The lowest BCUT2D eigenvalue weighted by Gasteiger charge is -2.14. The standard InChI is InChI=1S/C24H26N6O3/c1-16-3-5-17(6-4-16)9-12-20-26-21(14-30-15-22(31)29-24(30)32)28-23(27-20)25-13-18-7-10-19(33-2)11-8-18/h3-8,10-11H,9,12-15H2,1-2H3,(H,29,31,32)(H,25,26,27,28). The van der Waals surface area contributed by atoms with E-state index < -0.39 is 6.03 Å². The Kier molecular flexibility index (Phi) is 6.77. The molecular formula is C24H26N6O3. The van der Waals surface area contributed by atoms with Crippen molar-refractivity contribution in [3.05, 3.63) is 76.9 Å². The second-order valence-corrected chi connectivity index (χ2v) is 7.89. The number of anilines is 1. The molecule has 1 aliphatic rings. The normalized spacial score (nSPS) is 13.2. The Labute approximate surface area is 192 Å². The predicted octanol–water partition coefficient (Wildman–Crippen LogP) is 2.64. The number of ether oxygens (including phenoxy) is 1. The van der Waals surface area contributed by atoms with Crippen LogP contribution in [0, 0.1) is 6.92 Å². The van der Waals surface area contributed by atoms with E-state index in [4.69, 9.17) is 4.74 Å². The Morgan fingerprint density at radius 3 is 2.30 bits per heavy atom. The maximum Gasteiger partial charge on any atom is 0.324 e. The highest BCUT2D eigenvalue weighted by Crippen LogP contribution is 2.14. The van der Waals surface area contributed by atoms with Gasteiger partial charge in [-0.1, -0.05) is 42.0 Å². The minimum atomic E-state index is -0.436. The number of amides is 3. The fraction of sp³-hybridized carbons (Fsp3) is 0.292. The zero-order chi connectivity index (χ0) is 23.2. The third kappa shape index (κ3) is 6.03. The van der Waals surface area contributed by atoms with Crippen LogP contribution in [0.2, 0.25) is 0 Å². The summed E-state index contributed by atoms with van der Waals surface area (Å²) in [4.78, 5) is 38.5. The van der Waals surface area contributed by atoms with Gasteiger partial charge in [-0.2, -0.15) is 9.97 Å². The highest BCUT2D eigenvalue weighted by molar-refractivity contribution is 6.01. The summed E-state index contributed by atoms with van der Waals surface area (Å²) in [7, 11) is 1.63. The molecule has 2 N–H and O–H groups in total. The number of nitrogens with zero attached hydrogens (tertiary/aromatic N) is 4. The number of hydrogen-bond acceptors (Lipinski definition) is 7. The third-order valence-electron chi connectivity index (χ3n) is 5.30. The molecule has 3 aromatic rings.